The van der Waals surface area contributed by atoms with Gasteiger partial charge < -0.3 is 4.74 Å². The summed E-state index contributed by atoms with van der Waals surface area (Å²) in [6, 6.07) is 18.9. The summed E-state index contributed by atoms with van der Waals surface area (Å²) in [5, 5.41) is 13.1. The Hall–Kier alpha value is -2.70. The van der Waals surface area contributed by atoms with E-state index in [9.17, 15) is 10.1 Å². The minimum absolute atomic E-state index is 0.121. The molecule has 0 saturated carbocycles. The first-order chi connectivity index (χ1) is 12.7. The summed E-state index contributed by atoms with van der Waals surface area (Å²) in [4.78, 5) is 14.2. The third-order valence-corrected chi connectivity index (χ3v) is 4.93. The van der Waals surface area contributed by atoms with Crippen molar-refractivity contribution in [2.75, 3.05) is 7.11 Å². The lowest BCUT2D eigenvalue weighted by molar-refractivity contribution is -0.384. The highest BCUT2D eigenvalue weighted by molar-refractivity contribution is 7.09. The molecule has 1 aromatic heterocycles. The van der Waals surface area contributed by atoms with E-state index in [1.54, 1.807) is 30.6 Å². The average Bonchev–Trinajstić information content (AvgIpc) is 3.15. The molecule has 0 N–H and O–H groups in total. The maximum Gasteiger partial charge on any atom is 0.269 e. The number of para-hydroxylation sites is 1. The van der Waals surface area contributed by atoms with Crippen molar-refractivity contribution in [3.8, 4) is 5.75 Å². The average molecular weight is 368 g/mol. The lowest BCUT2D eigenvalue weighted by atomic mass is 10.1. The number of nitro benzene ring substituents is 1. The Morgan fingerprint density at radius 1 is 1.04 bits per heavy atom. The number of methoxy groups -OCH3 is 1. The standard InChI is InChI=1S/C20H20N2O3S/c1-25-20-10-3-2-7-17(20)14-21(15-19-9-5-11-26-19)13-16-6-4-8-18(12-16)22(23)24/h2-12H,13-15H2,1H3. The molecule has 0 amide bonds. The lowest BCUT2D eigenvalue weighted by Gasteiger charge is -2.23. The summed E-state index contributed by atoms with van der Waals surface area (Å²) in [7, 11) is 1.67. The van der Waals surface area contributed by atoms with E-state index in [0.717, 1.165) is 23.4 Å². The summed E-state index contributed by atoms with van der Waals surface area (Å²) in [6.45, 7) is 2.10. The topological polar surface area (TPSA) is 55.6 Å². The monoisotopic (exact) mass is 368 g/mol. The van der Waals surface area contributed by atoms with Crippen LogP contribution in [0.25, 0.3) is 0 Å². The number of non-ortho nitro benzene ring substituents is 1. The van der Waals surface area contributed by atoms with Crippen LogP contribution in [0.2, 0.25) is 0 Å². The molecule has 26 heavy (non-hydrogen) atoms. The second-order valence-corrected chi connectivity index (χ2v) is 7.00. The number of hydrogen-bond donors (Lipinski definition) is 0. The lowest BCUT2D eigenvalue weighted by Crippen LogP contribution is -2.22. The van der Waals surface area contributed by atoms with E-state index in [4.69, 9.17) is 4.74 Å². The molecule has 0 bridgehead atoms. The van der Waals surface area contributed by atoms with Crippen LogP contribution in [0.15, 0.2) is 66.0 Å². The molecule has 3 rings (SSSR count). The Morgan fingerprint density at radius 2 is 1.88 bits per heavy atom. The van der Waals surface area contributed by atoms with Crippen molar-refractivity contribution in [1.29, 1.82) is 0 Å². The highest BCUT2D eigenvalue weighted by Gasteiger charge is 2.13. The predicted octanol–water partition coefficient (Wildman–Crippen LogP) is 4.87. The zero-order valence-corrected chi connectivity index (χ0v) is 15.3. The van der Waals surface area contributed by atoms with Crippen LogP contribution in [0, 0.1) is 10.1 Å². The molecule has 5 nitrogen and oxygen atoms in total. The Morgan fingerprint density at radius 3 is 2.62 bits per heavy atom. The largest absolute Gasteiger partial charge is 0.496 e. The van der Waals surface area contributed by atoms with Crippen molar-refractivity contribution >= 4 is 17.0 Å². The molecule has 0 unspecified atom stereocenters. The fourth-order valence-corrected chi connectivity index (χ4v) is 3.64. The van der Waals surface area contributed by atoms with Gasteiger partial charge in [0.2, 0.25) is 0 Å². The summed E-state index contributed by atoms with van der Waals surface area (Å²) in [5.41, 5.74) is 2.14. The van der Waals surface area contributed by atoms with E-state index < -0.39 is 0 Å². The second kappa shape index (κ2) is 8.60. The molecule has 0 saturated heterocycles. The van der Waals surface area contributed by atoms with Crippen molar-refractivity contribution in [1.82, 2.24) is 4.90 Å². The first kappa shape index (κ1) is 18.1. The molecule has 3 aromatic rings. The van der Waals surface area contributed by atoms with Crippen molar-refractivity contribution in [2.24, 2.45) is 0 Å². The Kier molecular flexibility index (Phi) is 5.99. The maximum absolute atomic E-state index is 11.0. The van der Waals surface area contributed by atoms with Crippen LogP contribution in [-0.2, 0) is 19.6 Å². The fraction of sp³-hybridized carbons (Fsp3) is 0.200. The SMILES string of the molecule is COc1ccccc1CN(Cc1cccc([N+](=O)[O-])c1)Cc1cccs1. The molecule has 0 radical (unpaired) electrons. The van der Waals surface area contributed by atoms with Gasteiger partial charge in [0.1, 0.15) is 5.75 Å². The van der Waals surface area contributed by atoms with Crippen molar-refractivity contribution in [3.63, 3.8) is 0 Å². The highest BCUT2D eigenvalue weighted by atomic mass is 32.1. The molecule has 0 fully saturated rings. The molecule has 1 heterocycles. The van der Waals surface area contributed by atoms with Crippen molar-refractivity contribution < 1.29 is 9.66 Å². The van der Waals surface area contributed by atoms with Gasteiger partial charge in [-0.3, -0.25) is 15.0 Å². The quantitative estimate of drug-likeness (QED) is 0.420. The summed E-state index contributed by atoms with van der Waals surface area (Å²) in [6.07, 6.45) is 0. The molecule has 134 valence electrons. The molecule has 0 atom stereocenters. The number of thiophene rings is 1. The Labute approximate surface area is 156 Å². The first-order valence-electron chi connectivity index (χ1n) is 8.25. The number of hydrogen-bond acceptors (Lipinski definition) is 5. The van der Waals surface area contributed by atoms with Crippen LogP contribution in [0.1, 0.15) is 16.0 Å². The van der Waals surface area contributed by atoms with Gasteiger partial charge in [-0.15, -0.1) is 11.3 Å². The Bertz CT molecular complexity index is 865. The van der Waals surface area contributed by atoms with Crippen LogP contribution in [0.3, 0.4) is 0 Å². The van der Waals surface area contributed by atoms with E-state index in [1.165, 1.54) is 10.9 Å². The molecule has 0 aliphatic heterocycles. The molecule has 0 aliphatic rings. The van der Waals surface area contributed by atoms with Gasteiger partial charge in [-0.05, 0) is 23.1 Å². The zero-order valence-electron chi connectivity index (χ0n) is 14.5. The van der Waals surface area contributed by atoms with Gasteiger partial charge >= 0.3 is 0 Å². The van der Waals surface area contributed by atoms with Crippen LogP contribution in [0.4, 0.5) is 5.69 Å². The number of nitro groups is 1. The van der Waals surface area contributed by atoms with Gasteiger partial charge in [0.25, 0.3) is 5.69 Å². The highest BCUT2D eigenvalue weighted by Crippen LogP contribution is 2.23. The van der Waals surface area contributed by atoms with Gasteiger partial charge in [-0.25, -0.2) is 0 Å². The Balaban J connectivity index is 1.83. The van der Waals surface area contributed by atoms with Crippen molar-refractivity contribution in [2.45, 2.75) is 19.6 Å². The third-order valence-electron chi connectivity index (χ3n) is 4.07. The second-order valence-electron chi connectivity index (χ2n) is 5.96. The molecular weight excluding hydrogens is 348 g/mol. The summed E-state index contributed by atoms with van der Waals surface area (Å²) in [5.74, 6) is 0.850. The smallest absolute Gasteiger partial charge is 0.269 e. The van der Waals surface area contributed by atoms with E-state index >= 15 is 0 Å². The number of benzene rings is 2. The zero-order chi connectivity index (χ0) is 18.4. The maximum atomic E-state index is 11.0. The molecule has 2 aromatic carbocycles. The van der Waals surface area contributed by atoms with E-state index in [-0.39, 0.29) is 10.6 Å². The van der Waals surface area contributed by atoms with Gasteiger partial charge in [-0.2, -0.15) is 0 Å². The van der Waals surface area contributed by atoms with Gasteiger partial charge in [0.05, 0.1) is 12.0 Å². The predicted molar refractivity (Wildman–Crippen MR) is 103 cm³/mol. The van der Waals surface area contributed by atoms with Crippen LogP contribution in [-0.4, -0.2) is 16.9 Å². The van der Waals surface area contributed by atoms with E-state index in [2.05, 4.69) is 16.3 Å². The molecular formula is C20H20N2O3S. The molecule has 6 heteroatoms. The van der Waals surface area contributed by atoms with Gasteiger partial charge in [0, 0.05) is 42.2 Å². The van der Waals surface area contributed by atoms with Gasteiger partial charge in [0.15, 0.2) is 0 Å². The minimum atomic E-state index is -0.354. The van der Waals surface area contributed by atoms with Gasteiger partial charge in [-0.1, -0.05) is 36.4 Å². The van der Waals surface area contributed by atoms with Crippen molar-refractivity contribution in [3.05, 3.63) is 92.2 Å². The van der Waals surface area contributed by atoms with E-state index in [1.807, 2.05) is 36.4 Å². The number of nitrogens with zero attached hydrogens (tertiary/aromatic N) is 2. The number of ether oxygens (including phenoxy) is 1. The van der Waals surface area contributed by atoms with E-state index in [0.29, 0.717) is 13.1 Å². The third kappa shape index (κ3) is 4.68. The normalized spacial score (nSPS) is 10.8. The molecule has 0 spiro atoms. The first-order valence-corrected chi connectivity index (χ1v) is 9.13. The van der Waals surface area contributed by atoms with Crippen LogP contribution in [0.5, 0.6) is 5.75 Å². The molecule has 0 aliphatic carbocycles. The van der Waals surface area contributed by atoms with Crippen LogP contribution < -0.4 is 4.74 Å². The minimum Gasteiger partial charge on any atom is -0.496 e. The number of rotatable bonds is 8. The summed E-state index contributed by atoms with van der Waals surface area (Å²) < 4.78 is 5.47. The fourth-order valence-electron chi connectivity index (χ4n) is 2.89. The summed E-state index contributed by atoms with van der Waals surface area (Å²) >= 11 is 1.71. The van der Waals surface area contributed by atoms with Crippen LogP contribution >= 0.6 is 11.3 Å².